The number of nitrogen functional groups attached to an aromatic ring is 1. The van der Waals surface area contributed by atoms with Crippen LogP contribution in [0.1, 0.15) is 34.5 Å². The van der Waals surface area contributed by atoms with Crippen LogP contribution in [0.5, 0.6) is 0 Å². The number of aryl methyl sites for hydroxylation is 1. The van der Waals surface area contributed by atoms with Crippen molar-refractivity contribution < 1.29 is 31.1 Å². The van der Waals surface area contributed by atoms with Gasteiger partial charge < -0.3 is 11.1 Å². The van der Waals surface area contributed by atoms with Gasteiger partial charge in [0.1, 0.15) is 0 Å². The molecule has 1 amide bonds. The highest BCUT2D eigenvalue weighted by molar-refractivity contribution is 6.06. The van der Waals surface area contributed by atoms with Gasteiger partial charge in [-0.05, 0) is 37.3 Å². The van der Waals surface area contributed by atoms with Crippen molar-refractivity contribution in [3.8, 4) is 0 Å². The Balaban J connectivity index is 0.00000338. The Hall–Kier alpha value is -2.71. The minimum atomic E-state index is -4.84. The predicted octanol–water partition coefficient (Wildman–Crippen LogP) is 5.50. The van der Waals surface area contributed by atoms with Crippen molar-refractivity contribution in [2.24, 2.45) is 0 Å². The van der Waals surface area contributed by atoms with Crippen LogP contribution in [0.25, 0.3) is 0 Å². The molecule has 26 heavy (non-hydrogen) atoms. The second-order valence-electron chi connectivity index (χ2n) is 5.30. The van der Waals surface area contributed by atoms with Gasteiger partial charge in [0, 0.05) is 5.69 Å². The number of hydrogen-bond acceptors (Lipinski definition) is 2. The summed E-state index contributed by atoms with van der Waals surface area (Å²) in [4.78, 5) is 12.1. The Bertz CT molecular complexity index is 812. The summed E-state index contributed by atoms with van der Waals surface area (Å²) in [6, 6.07) is 5.51. The van der Waals surface area contributed by atoms with Crippen LogP contribution >= 0.6 is 0 Å². The standard InChI is InChI=1S/C16H12F6N2O.CH4/c1-8-2-4-10(11(6-8)15(17,18)19)14(25)24-13-5-3-9(23)7-12(13)16(20,21)22;/h2-7H,23H2,1H3,(H,24,25);1H4. The van der Waals surface area contributed by atoms with Crippen molar-refractivity contribution in [1.82, 2.24) is 0 Å². The van der Waals surface area contributed by atoms with Gasteiger partial charge >= 0.3 is 12.4 Å². The van der Waals surface area contributed by atoms with E-state index in [1.165, 1.54) is 13.0 Å². The molecule has 3 N–H and O–H groups in total. The average molecular weight is 378 g/mol. The molecule has 3 nitrogen and oxygen atoms in total. The molecule has 0 saturated carbocycles. The number of rotatable bonds is 2. The first-order valence-corrected chi connectivity index (χ1v) is 6.85. The van der Waals surface area contributed by atoms with Crippen molar-refractivity contribution >= 4 is 17.3 Å². The monoisotopic (exact) mass is 378 g/mol. The number of alkyl halides is 6. The molecule has 0 spiro atoms. The summed E-state index contributed by atoms with van der Waals surface area (Å²) in [5.74, 6) is -1.30. The lowest BCUT2D eigenvalue weighted by Gasteiger charge is -2.17. The van der Waals surface area contributed by atoms with E-state index in [2.05, 4.69) is 0 Å². The Morgan fingerprint density at radius 2 is 1.50 bits per heavy atom. The molecule has 2 aromatic rings. The molecule has 0 atom stereocenters. The zero-order chi connectivity index (χ0) is 19.0. The quantitative estimate of drug-likeness (QED) is 0.535. The second kappa shape index (κ2) is 7.27. The number of benzene rings is 2. The van der Waals surface area contributed by atoms with E-state index in [1.54, 1.807) is 0 Å². The molecule has 0 aromatic heterocycles. The Kier molecular flexibility index (Phi) is 5.96. The third-order valence-electron chi connectivity index (χ3n) is 3.32. The number of nitrogens with two attached hydrogens (primary N) is 1. The van der Waals surface area contributed by atoms with E-state index < -0.39 is 40.6 Å². The Morgan fingerprint density at radius 3 is 2.04 bits per heavy atom. The number of halogens is 6. The average Bonchev–Trinajstić information content (AvgIpc) is 2.47. The van der Waals surface area contributed by atoms with E-state index in [1.807, 2.05) is 5.32 Å². The summed E-state index contributed by atoms with van der Waals surface area (Å²) in [6.07, 6.45) is -9.66. The van der Waals surface area contributed by atoms with Gasteiger partial charge in [-0.2, -0.15) is 26.3 Å². The lowest BCUT2D eigenvalue weighted by atomic mass is 10.0. The summed E-state index contributed by atoms with van der Waals surface area (Å²) < 4.78 is 78.3. The molecule has 0 aliphatic carbocycles. The molecular formula is C17H16F6N2O. The summed E-state index contributed by atoms with van der Waals surface area (Å²) in [6.45, 7) is 1.40. The molecule has 0 radical (unpaired) electrons. The first kappa shape index (κ1) is 21.3. The van der Waals surface area contributed by atoms with Crippen LogP contribution in [0.2, 0.25) is 0 Å². The maximum absolute atomic E-state index is 13.1. The molecule has 0 aliphatic heterocycles. The topological polar surface area (TPSA) is 55.1 Å². The summed E-state index contributed by atoms with van der Waals surface area (Å²) in [5.41, 5.74) is 1.43. The van der Waals surface area contributed by atoms with Gasteiger partial charge in [0.05, 0.1) is 22.4 Å². The van der Waals surface area contributed by atoms with Gasteiger partial charge in [-0.15, -0.1) is 0 Å². The fourth-order valence-electron chi connectivity index (χ4n) is 2.19. The van der Waals surface area contributed by atoms with Gasteiger partial charge in [-0.1, -0.05) is 19.1 Å². The van der Waals surface area contributed by atoms with Crippen molar-refractivity contribution in [3.05, 3.63) is 58.7 Å². The Labute approximate surface area is 145 Å². The first-order chi connectivity index (χ1) is 11.4. The molecule has 9 heteroatoms. The predicted molar refractivity (Wildman–Crippen MR) is 86.7 cm³/mol. The van der Waals surface area contributed by atoms with Crippen LogP contribution in [0.4, 0.5) is 37.7 Å². The van der Waals surface area contributed by atoms with Gasteiger partial charge in [0.15, 0.2) is 0 Å². The molecule has 0 unspecified atom stereocenters. The van der Waals surface area contributed by atoms with Crippen molar-refractivity contribution in [3.63, 3.8) is 0 Å². The molecule has 0 aliphatic rings. The number of carbonyl (C=O) groups excluding carboxylic acids is 1. The molecule has 2 rings (SSSR count). The van der Waals surface area contributed by atoms with Crippen molar-refractivity contribution in [1.29, 1.82) is 0 Å². The van der Waals surface area contributed by atoms with Crippen LogP contribution in [0, 0.1) is 6.92 Å². The molecule has 142 valence electrons. The molecule has 0 heterocycles. The lowest BCUT2D eigenvalue weighted by molar-refractivity contribution is -0.138. The second-order valence-corrected chi connectivity index (χ2v) is 5.30. The highest BCUT2D eigenvalue weighted by Gasteiger charge is 2.37. The normalized spacial score (nSPS) is 11.7. The number of nitrogens with one attached hydrogen (secondary N) is 1. The summed E-state index contributed by atoms with van der Waals surface area (Å²) in [7, 11) is 0. The largest absolute Gasteiger partial charge is 0.418 e. The van der Waals surface area contributed by atoms with E-state index >= 15 is 0 Å². The minimum absolute atomic E-state index is 0. The molecule has 0 fully saturated rings. The fourth-order valence-corrected chi connectivity index (χ4v) is 2.19. The van der Waals surface area contributed by atoms with Gasteiger partial charge in [-0.25, -0.2) is 0 Å². The highest BCUT2D eigenvalue weighted by atomic mass is 19.4. The molecule has 0 saturated heterocycles. The van der Waals surface area contributed by atoms with Crippen LogP contribution in [-0.2, 0) is 12.4 Å². The number of hydrogen-bond donors (Lipinski definition) is 2. The maximum Gasteiger partial charge on any atom is 0.418 e. The van der Waals surface area contributed by atoms with Gasteiger partial charge in [-0.3, -0.25) is 4.79 Å². The van der Waals surface area contributed by atoms with Gasteiger partial charge in [0.25, 0.3) is 5.91 Å². The molecule has 0 bridgehead atoms. The zero-order valence-corrected chi connectivity index (χ0v) is 12.7. The smallest absolute Gasteiger partial charge is 0.399 e. The lowest BCUT2D eigenvalue weighted by Crippen LogP contribution is -2.21. The first-order valence-electron chi connectivity index (χ1n) is 6.85. The van der Waals surface area contributed by atoms with E-state index in [0.717, 1.165) is 24.3 Å². The summed E-state index contributed by atoms with van der Waals surface area (Å²) in [5, 5.41) is 1.88. The third kappa shape index (κ3) is 4.68. The van der Waals surface area contributed by atoms with Crippen LogP contribution in [-0.4, -0.2) is 5.91 Å². The van der Waals surface area contributed by atoms with Crippen molar-refractivity contribution in [2.45, 2.75) is 26.7 Å². The van der Waals surface area contributed by atoms with Gasteiger partial charge in [0.2, 0.25) is 0 Å². The summed E-state index contributed by atoms with van der Waals surface area (Å²) >= 11 is 0. The molecular weight excluding hydrogens is 362 g/mol. The number of carbonyl (C=O) groups is 1. The third-order valence-corrected chi connectivity index (χ3v) is 3.32. The number of amides is 1. The van der Waals surface area contributed by atoms with Crippen molar-refractivity contribution in [2.75, 3.05) is 11.1 Å². The Morgan fingerprint density at radius 1 is 0.923 bits per heavy atom. The maximum atomic E-state index is 13.1. The van der Waals surface area contributed by atoms with Crippen LogP contribution in [0.3, 0.4) is 0 Å². The minimum Gasteiger partial charge on any atom is -0.399 e. The van der Waals surface area contributed by atoms with E-state index in [9.17, 15) is 31.1 Å². The van der Waals surface area contributed by atoms with E-state index in [-0.39, 0.29) is 18.7 Å². The number of anilines is 2. The fraction of sp³-hybridized carbons (Fsp3) is 0.235. The molecule has 2 aromatic carbocycles. The van der Waals surface area contributed by atoms with Crippen LogP contribution < -0.4 is 11.1 Å². The van der Waals surface area contributed by atoms with E-state index in [4.69, 9.17) is 5.73 Å². The SMILES string of the molecule is C.Cc1ccc(C(=O)Nc2ccc(N)cc2C(F)(F)F)c(C(F)(F)F)c1. The van der Waals surface area contributed by atoms with Crippen LogP contribution in [0.15, 0.2) is 36.4 Å². The van der Waals surface area contributed by atoms with E-state index in [0.29, 0.717) is 6.07 Å². The zero-order valence-electron chi connectivity index (χ0n) is 12.7. The highest BCUT2D eigenvalue weighted by Crippen LogP contribution is 2.37.